The van der Waals surface area contributed by atoms with Crippen LogP contribution in [0.1, 0.15) is 39.6 Å². The number of thiazole rings is 1. The van der Waals surface area contributed by atoms with Crippen LogP contribution in [0.3, 0.4) is 0 Å². The highest BCUT2D eigenvalue weighted by atomic mass is 32.1. The smallest absolute Gasteiger partial charge is 0.268 e. The van der Waals surface area contributed by atoms with Crippen LogP contribution >= 0.6 is 11.3 Å². The maximum absolute atomic E-state index is 13.6. The fourth-order valence-corrected chi connectivity index (χ4v) is 5.24. The summed E-state index contributed by atoms with van der Waals surface area (Å²) in [6, 6.07) is 10.1. The van der Waals surface area contributed by atoms with Crippen LogP contribution < -0.4 is 16.2 Å². The van der Waals surface area contributed by atoms with Crippen molar-refractivity contribution in [2.45, 2.75) is 33.2 Å². The van der Waals surface area contributed by atoms with Gasteiger partial charge in [0.2, 0.25) is 5.95 Å². The number of rotatable bonds is 6. The quantitative estimate of drug-likeness (QED) is 0.310. The Balaban J connectivity index is 1.34. The Morgan fingerprint density at radius 1 is 1.18 bits per heavy atom. The van der Waals surface area contributed by atoms with Gasteiger partial charge in [-0.2, -0.15) is 4.98 Å². The molecule has 39 heavy (non-hydrogen) atoms. The Kier molecular flexibility index (Phi) is 6.92. The summed E-state index contributed by atoms with van der Waals surface area (Å²) in [5.74, 6) is 7.71. The van der Waals surface area contributed by atoms with Crippen molar-refractivity contribution in [1.82, 2.24) is 29.8 Å². The molecule has 1 unspecified atom stereocenters. The summed E-state index contributed by atoms with van der Waals surface area (Å²) in [6.45, 7) is 6.15. The van der Waals surface area contributed by atoms with Crippen molar-refractivity contribution in [3.05, 3.63) is 91.9 Å². The fourth-order valence-electron chi connectivity index (χ4n) is 4.70. The van der Waals surface area contributed by atoms with Gasteiger partial charge < -0.3 is 15.1 Å². The molecule has 1 aliphatic heterocycles. The number of benzene rings is 1. The van der Waals surface area contributed by atoms with E-state index in [1.54, 1.807) is 22.3 Å². The zero-order valence-electron chi connectivity index (χ0n) is 21.7. The number of aryl methyl sites for hydroxylation is 2. The molecule has 5 heterocycles. The summed E-state index contributed by atoms with van der Waals surface area (Å²) in [6.07, 6.45) is 5.37. The van der Waals surface area contributed by atoms with E-state index in [0.717, 1.165) is 30.1 Å². The second-order valence-electron chi connectivity index (χ2n) is 9.67. The zero-order valence-corrected chi connectivity index (χ0v) is 22.5. The van der Waals surface area contributed by atoms with E-state index in [1.807, 2.05) is 26.0 Å². The van der Waals surface area contributed by atoms with Crippen molar-refractivity contribution in [2.75, 3.05) is 18.4 Å². The minimum absolute atomic E-state index is 0.174. The van der Waals surface area contributed by atoms with Crippen molar-refractivity contribution in [2.24, 2.45) is 5.92 Å². The van der Waals surface area contributed by atoms with Gasteiger partial charge in [0, 0.05) is 22.1 Å². The van der Waals surface area contributed by atoms with Crippen molar-refractivity contribution in [1.29, 1.82) is 0 Å². The molecule has 1 aliphatic rings. The molecular weight excluding hydrogens is 510 g/mol. The lowest BCUT2D eigenvalue weighted by atomic mass is 9.99. The highest BCUT2D eigenvalue weighted by molar-refractivity contribution is 7.09. The van der Waals surface area contributed by atoms with Crippen LogP contribution in [0.15, 0.2) is 57.6 Å². The minimum atomic E-state index is -0.269. The molecule has 2 N–H and O–H groups in total. The summed E-state index contributed by atoms with van der Waals surface area (Å²) in [5.41, 5.74) is 5.86. The predicted molar refractivity (Wildman–Crippen MR) is 151 cm³/mol. The van der Waals surface area contributed by atoms with Crippen molar-refractivity contribution in [3.63, 3.8) is 0 Å². The molecule has 0 spiro atoms. The second kappa shape index (κ2) is 10.8. The maximum atomic E-state index is 13.6. The number of nitrogens with one attached hydrogen (secondary N) is 2. The Labute approximate surface area is 229 Å². The second-order valence-corrected chi connectivity index (χ2v) is 10.7. The predicted octanol–water partition coefficient (Wildman–Crippen LogP) is 4.20. The van der Waals surface area contributed by atoms with E-state index in [0.29, 0.717) is 45.6 Å². The first-order chi connectivity index (χ1) is 19.0. The van der Waals surface area contributed by atoms with Gasteiger partial charge in [0.15, 0.2) is 6.39 Å². The van der Waals surface area contributed by atoms with Crippen LogP contribution in [0.5, 0.6) is 0 Å². The number of hydrogen-bond donors (Lipinski definition) is 2. The van der Waals surface area contributed by atoms with Crippen molar-refractivity contribution >= 4 is 34.0 Å². The zero-order chi connectivity index (χ0) is 26.8. The molecule has 10 heteroatoms. The molecule has 1 fully saturated rings. The highest BCUT2D eigenvalue weighted by Crippen LogP contribution is 2.21. The van der Waals surface area contributed by atoms with E-state index in [2.05, 4.69) is 49.6 Å². The number of hydrogen-bond acceptors (Lipinski definition) is 9. The minimum Gasteiger partial charge on any atom is -0.446 e. The molecule has 196 valence electrons. The fraction of sp³-hybridized carbons (Fsp3) is 0.276. The monoisotopic (exact) mass is 537 g/mol. The first-order valence-corrected chi connectivity index (χ1v) is 13.7. The number of nitrogens with zero attached hydrogens (tertiary/aromatic N) is 5. The first kappa shape index (κ1) is 25.0. The molecule has 4 aromatic heterocycles. The van der Waals surface area contributed by atoms with E-state index in [-0.39, 0.29) is 12.1 Å². The molecule has 0 saturated carbocycles. The maximum Gasteiger partial charge on any atom is 0.268 e. The van der Waals surface area contributed by atoms with E-state index in [1.165, 1.54) is 29.7 Å². The molecular formula is C29H27N7O2S. The van der Waals surface area contributed by atoms with Crippen LogP contribution in [0.25, 0.3) is 11.0 Å². The molecule has 6 rings (SSSR count). The molecule has 5 aromatic rings. The lowest BCUT2D eigenvalue weighted by Crippen LogP contribution is -2.24. The summed E-state index contributed by atoms with van der Waals surface area (Å²) in [4.78, 5) is 32.3. The highest BCUT2D eigenvalue weighted by Gasteiger charge is 2.16. The molecule has 0 radical (unpaired) electrons. The molecule has 0 aliphatic carbocycles. The van der Waals surface area contributed by atoms with Gasteiger partial charge in [-0.1, -0.05) is 18.1 Å². The average Bonchev–Trinajstić information content (AvgIpc) is 3.70. The van der Waals surface area contributed by atoms with E-state index < -0.39 is 0 Å². The molecule has 1 atom stereocenters. The number of oxazole rings is 1. The molecule has 1 saturated heterocycles. The molecule has 0 amide bonds. The van der Waals surface area contributed by atoms with Crippen LogP contribution in [-0.2, 0) is 13.0 Å². The van der Waals surface area contributed by atoms with Gasteiger partial charge in [0.25, 0.3) is 5.56 Å². The normalized spacial score (nSPS) is 14.9. The standard InChI is InChI=1S/C29H27N7O2S/c1-18-26(38-16-32-18)15-36-27-23(12-22(28(36)37)5-8-25-19(2)39-17-33-25)14-31-29(35-27)34-24-6-3-20(4-7-24)11-21-9-10-30-13-21/h3-4,6-7,12,14,16-17,21,30H,9-11,13,15H2,1-2H3,(H,31,34,35). The van der Waals surface area contributed by atoms with Gasteiger partial charge in [0.1, 0.15) is 17.1 Å². The lowest BCUT2D eigenvalue weighted by Gasteiger charge is -2.12. The van der Waals surface area contributed by atoms with Crippen molar-refractivity contribution < 1.29 is 4.42 Å². The Morgan fingerprint density at radius 3 is 2.77 bits per heavy atom. The lowest BCUT2D eigenvalue weighted by molar-refractivity contribution is 0.486. The third-order valence-electron chi connectivity index (χ3n) is 6.93. The third kappa shape index (κ3) is 5.46. The summed E-state index contributed by atoms with van der Waals surface area (Å²) in [5, 5.41) is 7.39. The van der Waals surface area contributed by atoms with E-state index in [9.17, 15) is 4.79 Å². The number of fused-ring (bicyclic) bond motifs is 1. The Hall–Kier alpha value is -4.33. The Morgan fingerprint density at radius 2 is 2.05 bits per heavy atom. The Bertz CT molecular complexity index is 1750. The SMILES string of the molecule is Cc1ncoc1Cn1c(=O)c(C#Cc2ncsc2C)cc2cnc(Nc3ccc(CC4CCNC4)cc3)nc21. The largest absolute Gasteiger partial charge is 0.446 e. The van der Waals surface area contributed by atoms with Crippen LogP contribution in [0.4, 0.5) is 11.6 Å². The van der Waals surface area contributed by atoms with Crippen LogP contribution in [-0.4, -0.2) is 37.6 Å². The van der Waals surface area contributed by atoms with Crippen LogP contribution in [0.2, 0.25) is 0 Å². The summed E-state index contributed by atoms with van der Waals surface area (Å²) >= 11 is 1.52. The van der Waals surface area contributed by atoms with Gasteiger partial charge in [-0.3, -0.25) is 9.36 Å². The van der Waals surface area contributed by atoms with Gasteiger partial charge in [-0.15, -0.1) is 11.3 Å². The van der Waals surface area contributed by atoms with E-state index in [4.69, 9.17) is 9.40 Å². The van der Waals surface area contributed by atoms with Gasteiger partial charge in [-0.25, -0.2) is 15.0 Å². The van der Waals surface area contributed by atoms with Gasteiger partial charge in [-0.05, 0) is 75.4 Å². The van der Waals surface area contributed by atoms with E-state index >= 15 is 0 Å². The number of aromatic nitrogens is 5. The third-order valence-corrected chi connectivity index (χ3v) is 7.69. The molecule has 0 bridgehead atoms. The first-order valence-electron chi connectivity index (χ1n) is 12.8. The summed E-state index contributed by atoms with van der Waals surface area (Å²) < 4.78 is 7.11. The van der Waals surface area contributed by atoms with Crippen molar-refractivity contribution in [3.8, 4) is 11.8 Å². The van der Waals surface area contributed by atoms with Gasteiger partial charge >= 0.3 is 0 Å². The topological polar surface area (TPSA) is 111 Å². The average molecular weight is 538 g/mol. The summed E-state index contributed by atoms with van der Waals surface area (Å²) in [7, 11) is 0. The van der Waals surface area contributed by atoms with Gasteiger partial charge in [0.05, 0.1) is 23.3 Å². The number of anilines is 2. The number of pyridine rings is 1. The molecule has 1 aromatic carbocycles. The molecule has 9 nitrogen and oxygen atoms in total. The van der Waals surface area contributed by atoms with Crippen LogP contribution in [0, 0.1) is 31.6 Å².